The highest BCUT2D eigenvalue weighted by Gasteiger charge is 2.36. The Morgan fingerprint density at radius 3 is 2.86 bits per heavy atom. The lowest BCUT2D eigenvalue weighted by Crippen LogP contribution is -2.40. The molecular formula is C15H15N3O4. The van der Waals surface area contributed by atoms with Crippen molar-refractivity contribution in [3.05, 3.63) is 47.5 Å². The summed E-state index contributed by atoms with van der Waals surface area (Å²) in [6.07, 6.45) is 1.42. The molecule has 7 nitrogen and oxygen atoms in total. The Morgan fingerprint density at radius 1 is 1.41 bits per heavy atom. The number of aromatic amines is 1. The lowest BCUT2D eigenvalue weighted by atomic mass is 10.0. The molecule has 1 atom stereocenters. The predicted octanol–water partition coefficient (Wildman–Crippen LogP) is 1.38. The number of carboxylic acids is 1. The van der Waals surface area contributed by atoms with E-state index in [1.165, 1.54) is 11.2 Å². The number of hydrogen-bond acceptors (Lipinski definition) is 4. The fraction of sp³-hybridized carbons (Fsp3) is 0.267. The number of aryl methyl sites for hydroxylation is 1. The molecule has 0 saturated carbocycles. The van der Waals surface area contributed by atoms with Crippen molar-refractivity contribution >= 4 is 11.9 Å². The Morgan fingerprint density at radius 2 is 2.18 bits per heavy atom. The zero-order valence-electron chi connectivity index (χ0n) is 11.9. The van der Waals surface area contributed by atoms with Crippen molar-refractivity contribution in [1.29, 1.82) is 0 Å². The van der Waals surface area contributed by atoms with Gasteiger partial charge in [-0.05, 0) is 13.0 Å². The third kappa shape index (κ3) is 2.30. The number of para-hydroxylation sites is 1. The lowest BCUT2D eigenvalue weighted by Gasteiger charge is -2.26. The maximum atomic E-state index is 12.7. The van der Waals surface area contributed by atoms with Gasteiger partial charge in [0.1, 0.15) is 18.1 Å². The van der Waals surface area contributed by atoms with Crippen LogP contribution in [0.15, 0.2) is 30.6 Å². The average Bonchev–Trinajstić information content (AvgIpc) is 2.82. The number of carbonyl (C=O) groups excluding carboxylic acids is 1. The second-order valence-corrected chi connectivity index (χ2v) is 5.00. The Labute approximate surface area is 126 Å². The van der Waals surface area contributed by atoms with Crippen molar-refractivity contribution in [1.82, 2.24) is 14.9 Å². The van der Waals surface area contributed by atoms with Gasteiger partial charge in [-0.2, -0.15) is 0 Å². The number of imidazole rings is 1. The molecule has 1 aliphatic heterocycles. The lowest BCUT2D eigenvalue weighted by molar-refractivity contribution is -0.142. The van der Waals surface area contributed by atoms with Crippen LogP contribution in [0.1, 0.15) is 27.8 Å². The second kappa shape index (κ2) is 5.51. The standard InChI is InChI=1S/C15H15N3O4/c1-9-12(17-8-16-9)14(19)18-6-7-22-11-5-3-2-4-10(11)13(18)15(20)21/h2-5,8,13H,6-7H2,1H3,(H,16,17)(H,20,21). The van der Waals surface area contributed by atoms with Gasteiger partial charge in [0.2, 0.25) is 0 Å². The van der Waals surface area contributed by atoms with Gasteiger partial charge in [-0.15, -0.1) is 0 Å². The number of aliphatic carboxylic acids is 1. The summed E-state index contributed by atoms with van der Waals surface area (Å²) in [6.45, 7) is 2.13. The van der Waals surface area contributed by atoms with Crippen LogP contribution < -0.4 is 4.74 Å². The summed E-state index contributed by atoms with van der Waals surface area (Å²) in [5.74, 6) is -1.03. The fourth-order valence-corrected chi connectivity index (χ4v) is 2.58. The second-order valence-electron chi connectivity index (χ2n) is 5.00. The molecule has 0 radical (unpaired) electrons. The van der Waals surface area contributed by atoms with E-state index < -0.39 is 17.9 Å². The fourth-order valence-electron chi connectivity index (χ4n) is 2.58. The van der Waals surface area contributed by atoms with Crippen LogP contribution in [-0.4, -0.2) is 45.0 Å². The van der Waals surface area contributed by atoms with E-state index in [4.69, 9.17) is 4.74 Å². The molecule has 0 spiro atoms. The topological polar surface area (TPSA) is 95.5 Å². The number of carboxylic acid groups (broad SMARTS) is 1. The normalized spacial score (nSPS) is 17.3. The summed E-state index contributed by atoms with van der Waals surface area (Å²) < 4.78 is 5.57. The van der Waals surface area contributed by atoms with Crippen LogP contribution in [0, 0.1) is 6.92 Å². The average molecular weight is 301 g/mol. The number of benzene rings is 1. The number of H-pyrrole nitrogens is 1. The molecule has 22 heavy (non-hydrogen) atoms. The molecule has 1 aromatic heterocycles. The maximum absolute atomic E-state index is 12.7. The first-order valence-electron chi connectivity index (χ1n) is 6.85. The minimum Gasteiger partial charge on any atom is -0.491 e. The van der Waals surface area contributed by atoms with Crippen LogP contribution in [0.5, 0.6) is 5.75 Å². The van der Waals surface area contributed by atoms with E-state index in [9.17, 15) is 14.7 Å². The first-order valence-corrected chi connectivity index (χ1v) is 6.85. The number of fused-ring (bicyclic) bond motifs is 1. The van der Waals surface area contributed by atoms with Gasteiger partial charge in [0.25, 0.3) is 5.91 Å². The molecule has 3 rings (SSSR count). The van der Waals surface area contributed by atoms with Crippen molar-refractivity contribution in [2.24, 2.45) is 0 Å². The number of aromatic nitrogens is 2. The molecule has 7 heteroatoms. The number of ether oxygens (including phenoxy) is 1. The smallest absolute Gasteiger partial charge is 0.331 e. The van der Waals surface area contributed by atoms with Gasteiger partial charge in [-0.3, -0.25) is 4.79 Å². The molecule has 1 unspecified atom stereocenters. The third-order valence-electron chi connectivity index (χ3n) is 3.64. The van der Waals surface area contributed by atoms with Crippen molar-refractivity contribution in [2.45, 2.75) is 13.0 Å². The number of amides is 1. The van der Waals surface area contributed by atoms with Gasteiger partial charge in [-0.1, -0.05) is 18.2 Å². The van der Waals surface area contributed by atoms with E-state index in [2.05, 4.69) is 9.97 Å². The van der Waals surface area contributed by atoms with Gasteiger partial charge in [0.05, 0.1) is 12.9 Å². The van der Waals surface area contributed by atoms with E-state index in [0.29, 0.717) is 17.0 Å². The largest absolute Gasteiger partial charge is 0.491 e. The molecule has 1 aliphatic rings. The Kier molecular flexibility index (Phi) is 3.54. The highest BCUT2D eigenvalue weighted by molar-refractivity contribution is 5.96. The summed E-state index contributed by atoms with van der Waals surface area (Å²) in [5, 5.41) is 9.62. The molecule has 0 fully saturated rings. The van der Waals surface area contributed by atoms with Gasteiger partial charge in [0.15, 0.2) is 6.04 Å². The molecule has 2 heterocycles. The first-order chi connectivity index (χ1) is 10.6. The third-order valence-corrected chi connectivity index (χ3v) is 3.64. The van der Waals surface area contributed by atoms with Crippen LogP contribution in [0.4, 0.5) is 0 Å². The molecule has 0 aliphatic carbocycles. The van der Waals surface area contributed by atoms with E-state index in [0.717, 1.165) is 0 Å². The summed E-state index contributed by atoms with van der Waals surface area (Å²) in [6, 6.07) is 5.78. The SMILES string of the molecule is Cc1[nH]cnc1C(=O)N1CCOc2ccccc2C1C(=O)O. The zero-order chi connectivity index (χ0) is 15.7. The number of rotatable bonds is 2. The molecule has 0 bridgehead atoms. The van der Waals surface area contributed by atoms with E-state index in [1.807, 2.05) is 0 Å². The van der Waals surface area contributed by atoms with Gasteiger partial charge in [-0.25, -0.2) is 9.78 Å². The summed E-state index contributed by atoms with van der Waals surface area (Å²) >= 11 is 0. The Hall–Kier alpha value is -2.83. The minimum absolute atomic E-state index is 0.177. The molecule has 1 amide bonds. The zero-order valence-corrected chi connectivity index (χ0v) is 11.9. The summed E-state index contributed by atoms with van der Waals surface area (Å²) in [7, 11) is 0. The minimum atomic E-state index is -1.10. The number of nitrogens with zero attached hydrogens (tertiary/aromatic N) is 2. The Balaban J connectivity index is 2.05. The van der Waals surface area contributed by atoms with Gasteiger partial charge < -0.3 is 19.7 Å². The highest BCUT2D eigenvalue weighted by Crippen LogP contribution is 2.33. The quantitative estimate of drug-likeness (QED) is 0.873. The highest BCUT2D eigenvalue weighted by atomic mass is 16.5. The van der Waals surface area contributed by atoms with Crippen molar-refractivity contribution in [3.8, 4) is 5.75 Å². The van der Waals surface area contributed by atoms with Gasteiger partial charge in [0, 0.05) is 11.3 Å². The van der Waals surface area contributed by atoms with E-state index in [1.54, 1.807) is 31.2 Å². The van der Waals surface area contributed by atoms with E-state index >= 15 is 0 Å². The first kappa shape index (κ1) is 14.1. The molecule has 1 aromatic carbocycles. The molecule has 114 valence electrons. The van der Waals surface area contributed by atoms with E-state index in [-0.39, 0.29) is 18.8 Å². The molecular weight excluding hydrogens is 286 g/mol. The number of nitrogens with one attached hydrogen (secondary N) is 1. The predicted molar refractivity (Wildman–Crippen MR) is 76.7 cm³/mol. The van der Waals surface area contributed by atoms with Crippen LogP contribution in [0.2, 0.25) is 0 Å². The van der Waals surface area contributed by atoms with Crippen molar-refractivity contribution in [3.63, 3.8) is 0 Å². The molecule has 2 aromatic rings. The molecule has 0 saturated heterocycles. The van der Waals surface area contributed by atoms with Crippen LogP contribution in [-0.2, 0) is 4.79 Å². The number of carbonyl (C=O) groups is 2. The van der Waals surface area contributed by atoms with Crippen molar-refractivity contribution in [2.75, 3.05) is 13.2 Å². The van der Waals surface area contributed by atoms with Crippen molar-refractivity contribution < 1.29 is 19.4 Å². The monoisotopic (exact) mass is 301 g/mol. The number of hydrogen-bond donors (Lipinski definition) is 2. The maximum Gasteiger partial charge on any atom is 0.331 e. The summed E-state index contributed by atoms with van der Waals surface area (Å²) in [5.41, 5.74) is 1.30. The summed E-state index contributed by atoms with van der Waals surface area (Å²) in [4.78, 5) is 32.6. The van der Waals surface area contributed by atoms with Crippen LogP contribution >= 0.6 is 0 Å². The Bertz CT molecular complexity index is 725. The van der Waals surface area contributed by atoms with Crippen LogP contribution in [0.25, 0.3) is 0 Å². The van der Waals surface area contributed by atoms with Gasteiger partial charge >= 0.3 is 5.97 Å². The van der Waals surface area contributed by atoms with Crippen LogP contribution in [0.3, 0.4) is 0 Å². The molecule has 2 N–H and O–H groups in total.